The molecule has 1 aliphatic carbocycles. The number of sulfonamides is 1. The highest BCUT2D eigenvalue weighted by molar-refractivity contribution is 7.89. The molecule has 1 amide bonds. The van der Waals surface area contributed by atoms with Gasteiger partial charge in [0.15, 0.2) is 0 Å². The molecule has 0 spiro atoms. The summed E-state index contributed by atoms with van der Waals surface area (Å²) in [4.78, 5) is 25.7. The SMILES string of the molecule is Cc1ccc(S(=O)(=O)NC2CC2)cc1C(=O)N1CCC(C(=O)O)C1C. The first-order valence-electron chi connectivity index (χ1n) is 8.37. The minimum Gasteiger partial charge on any atom is -0.481 e. The normalized spacial score (nSPS) is 23.7. The van der Waals surface area contributed by atoms with Crippen molar-refractivity contribution in [2.75, 3.05) is 6.54 Å². The standard InChI is InChI=1S/C17H22N2O5S/c1-10-3-6-13(25(23,24)18-12-4-5-12)9-15(10)16(20)19-8-7-14(11(19)2)17(21)22/h3,6,9,11-12,14,18H,4-5,7-8H2,1-2H3,(H,21,22). The fraction of sp³-hybridized carbons (Fsp3) is 0.529. The zero-order valence-electron chi connectivity index (χ0n) is 14.2. The van der Waals surface area contributed by atoms with Crippen LogP contribution in [0.5, 0.6) is 0 Å². The van der Waals surface area contributed by atoms with Crippen LogP contribution in [0.15, 0.2) is 23.1 Å². The van der Waals surface area contributed by atoms with Gasteiger partial charge < -0.3 is 10.0 Å². The molecule has 1 aliphatic heterocycles. The van der Waals surface area contributed by atoms with E-state index in [2.05, 4.69) is 4.72 Å². The van der Waals surface area contributed by atoms with E-state index in [-0.39, 0.29) is 16.8 Å². The molecule has 3 rings (SSSR count). The monoisotopic (exact) mass is 366 g/mol. The van der Waals surface area contributed by atoms with Gasteiger partial charge in [-0.05, 0) is 50.8 Å². The molecular weight excluding hydrogens is 344 g/mol. The summed E-state index contributed by atoms with van der Waals surface area (Å²) >= 11 is 0. The number of amides is 1. The number of hydrogen-bond acceptors (Lipinski definition) is 4. The summed E-state index contributed by atoms with van der Waals surface area (Å²) in [5.41, 5.74) is 0.970. The highest BCUT2D eigenvalue weighted by Gasteiger charge is 2.39. The number of aryl methyl sites for hydroxylation is 1. The van der Waals surface area contributed by atoms with Crippen molar-refractivity contribution in [2.24, 2.45) is 5.92 Å². The van der Waals surface area contributed by atoms with Crippen LogP contribution in [0.4, 0.5) is 0 Å². The first-order chi connectivity index (χ1) is 11.7. The molecule has 136 valence electrons. The van der Waals surface area contributed by atoms with Crippen molar-refractivity contribution < 1.29 is 23.1 Å². The second kappa shape index (κ2) is 6.42. The second-order valence-corrected chi connectivity index (χ2v) is 8.56. The van der Waals surface area contributed by atoms with Crippen LogP contribution in [0.2, 0.25) is 0 Å². The molecule has 2 fully saturated rings. The predicted octanol–water partition coefficient (Wildman–Crippen LogP) is 1.37. The number of carbonyl (C=O) groups is 2. The third-order valence-electron chi connectivity index (χ3n) is 4.98. The minimum atomic E-state index is -3.65. The molecule has 1 heterocycles. The van der Waals surface area contributed by atoms with Crippen LogP contribution in [0, 0.1) is 12.8 Å². The van der Waals surface area contributed by atoms with Crippen molar-refractivity contribution in [1.82, 2.24) is 9.62 Å². The Morgan fingerprint density at radius 1 is 1.24 bits per heavy atom. The summed E-state index contributed by atoms with van der Waals surface area (Å²) < 4.78 is 27.4. The lowest BCUT2D eigenvalue weighted by molar-refractivity contribution is -0.142. The van der Waals surface area contributed by atoms with Crippen LogP contribution in [0.1, 0.15) is 42.1 Å². The molecule has 7 nitrogen and oxygen atoms in total. The van der Waals surface area contributed by atoms with E-state index in [0.717, 1.165) is 12.8 Å². The number of benzene rings is 1. The second-order valence-electron chi connectivity index (χ2n) is 6.84. The Kier molecular flexibility index (Phi) is 4.59. The maximum absolute atomic E-state index is 12.9. The number of likely N-dealkylation sites (tertiary alicyclic amines) is 1. The van der Waals surface area contributed by atoms with Crippen LogP contribution in [-0.2, 0) is 14.8 Å². The van der Waals surface area contributed by atoms with Crippen molar-refractivity contribution in [2.45, 2.75) is 50.1 Å². The lowest BCUT2D eigenvalue weighted by Crippen LogP contribution is -2.38. The summed E-state index contributed by atoms with van der Waals surface area (Å²) in [6, 6.07) is 4.06. The third-order valence-corrected chi connectivity index (χ3v) is 6.50. The molecule has 2 aliphatic rings. The number of carbonyl (C=O) groups excluding carboxylic acids is 1. The zero-order valence-corrected chi connectivity index (χ0v) is 15.0. The lowest BCUT2D eigenvalue weighted by atomic mass is 10.0. The van der Waals surface area contributed by atoms with E-state index in [1.54, 1.807) is 19.9 Å². The van der Waals surface area contributed by atoms with Crippen LogP contribution >= 0.6 is 0 Å². The smallest absolute Gasteiger partial charge is 0.308 e. The summed E-state index contributed by atoms with van der Waals surface area (Å²) in [7, 11) is -3.65. The van der Waals surface area contributed by atoms with Gasteiger partial charge in [-0.3, -0.25) is 9.59 Å². The largest absolute Gasteiger partial charge is 0.481 e. The van der Waals surface area contributed by atoms with Crippen molar-refractivity contribution in [3.8, 4) is 0 Å². The van der Waals surface area contributed by atoms with E-state index >= 15 is 0 Å². The van der Waals surface area contributed by atoms with E-state index in [4.69, 9.17) is 0 Å². The van der Waals surface area contributed by atoms with E-state index in [9.17, 15) is 23.1 Å². The van der Waals surface area contributed by atoms with Crippen molar-refractivity contribution in [1.29, 1.82) is 0 Å². The highest BCUT2D eigenvalue weighted by atomic mass is 32.2. The van der Waals surface area contributed by atoms with E-state index in [1.807, 2.05) is 0 Å². The Bertz CT molecular complexity index is 816. The maximum atomic E-state index is 12.9. The van der Waals surface area contributed by atoms with Gasteiger partial charge in [0.1, 0.15) is 0 Å². The summed E-state index contributed by atoms with van der Waals surface area (Å²) in [5, 5.41) is 9.22. The fourth-order valence-corrected chi connectivity index (χ4v) is 4.53. The molecule has 1 aromatic rings. The molecule has 2 N–H and O–H groups in total. The van der Waals surface area contributed by atoms with Crippen LogP contribution < -0.4 is 4.72 Å². The number of carboxylic acid groups (broad SMARTS) is 1. The van der Waals surface area contributed by atoms with Gasteiger partial charge in [0.2, 0.25) is 10.0 Å². The number of aliphatic carboxylic acids is 1. The molecule has 0 bridgehead atoms. The van der Waals surface area contributed by atoms with Crippen molar-refractivity contribution in [3.05, 3.63) is 29.3 Å². The van der Waals surface area contributed by atoms with Gasteiger partial charge in [-0.25, -0.2) is 13.1 Å². The Labute approximate surface area is 147 Å². The summed E-state index contributed by atoms with van der Waals surface area (Å²) in [5.74, 6) is -1.82. The van der Waals surface area contributed by atoms with Crippen LogP contribution in [-0.4, -0.2) is 48.9 Å². The van der Waals surface area contributed by atoms with Gasteiger partial charge in [0.25, 0.3) is 5.91 Å². The van der Waals surface area contributed by atoms with Gasteiger partial charge in [-0.1, -0.05) is 6.07 Å². The third kappa shape index (κ3) is 3.55. The number of rotatable bonds is 5. The fourth-order valence-electron chi connectivity index (χ4n) is 3.20. The topological polar surface area (TPSA) is 104 Å². The van der Waals surface area contributed by atoms with E-state index in [0.29, 0.717) is 24.1 Å². The number of carboxylic acids is 1. The quantitative estimate of drug-likeness (QED) is 0.819. The highest BCUT2D eigenvalue weighted by Crippen LogP contribution is 2.28. The van der Waals surface area contributed by atoms with Crippen LogP contribution in [0.25, 0.3) is 0 Å². The van der Waals surface area contributed by atoms with Gasteiger partial charge in [0.05, 0.1) is 10.8 Å². The molecule has 1 aromatic carbocycles. The van der Waals surface area contributed by atoms with Crippen molar-refractivity contribution >= 4 is 21.9 Å². The average molecular weight is 366 g/mol. The van der Waals surface area contributed by atoms with Crippen molar-refractivity contribution in [3.63, 3.8) is 0 Å². The van der Waals surface area contributed by atoms with E-state index < -0.39 is 28.0 Å². The molecule has 8 heteroatoms. The Morgan fingerprint density at radius 2 is 1.92 bits per heavy atom. The molecule has 1 saturated carbocycles. The van der Waals surface area contributed by atoms with Gasteiger partial charge in [-0.2, -0.15) is 0 Å². The zero-order chi connectivity index (χ0) is 18.4. The Hall–Kier alpha value is -1.93. The minimum absolute atomic E-state index is 0.0135. The average Bonchev–Trinajstić information content (AvgIpc) is 3.25. The summed E-state index contributed by atoms with van der Waals surface area (Å²) in [6.07, 6.45) is 2.07. The van der Waals surface area contributed by atoms with E-state index in [1.165, 1.54) is 17.0 Å². The molecular formula is C17H22N2O5S. The number of nitrogens with zero attached hydrogens (tertiary/aromatic N) is 1. The molecule has 2 unspecified atom stereocenters. The molecule has 0 radical (unpaired) electrons. The Balaban J connectivity index is 1.88. The van der Waals surface area contributed by atoms with Gasteiger partial charge in [0, 0.05) is 24.2 Å². The van der Waals surface area contributed by atoms with Crippen LogP contribution in [0.3, 0.4) is 0 Å². The predicted molar refractivity (Wildman–Crippen MR) is 90.8 cm³/mol. The first kappa shape index (κ1) is 17.9. The molecule has 2 atom stereocenters. The molecule has 1 saturated heterocycles. The Morgan fingerprint density at radius 3 is 2.48 bits per heavy atom. The lowest BCUT2D eigenvalue weighted by Gasteiger charge is -2.24. The van der Waals surface area contributed by atoms with Gasteiger partial charge in [-0.15, -0.1) is 0 Å². The van der Waals surface area contributed by atoms with Gasteiger partial charge >= 0.3 is 5.97 Å². The maximum Gasteiger partial charge on any atom is 0.308 e. The number of nitrogens with one attached hydrogen (secondary N) is 1. The first-order valence-corrected chi connectivity index (χ1v) is 9.86. The molecule has 25 heavy (non-hydrogen) atoms. The number of hydrogen-bond donors (Lipinski definition) is 2. The summed E-state index contributed by atoms with van der Waals surface area (Å²) in [6.45, 7) is 3.81. The molecule has 0 aromatic heterocycles.